The third kappa shape index (κ3) is 4.37. The summed E-state index contributed by atoms with van der Waals surface area (Å²) in [4.78, 5) is 16.0. The van der Waals surface area contributed by atoms with Crippen molar-refractivity contribution in [2.45, 2.75) is 6.54 Å². The summed E-state index contributed by atoms with van der Waals surface area (Å²) in [5.41, 5.74) is 1.03. The fourth-order valence-corrected chi connectivity index (χ4v) is 2.33. The third-order valence-electron chi connectivity index (χ3n) is 3.43. The quantitative estimate of drug-likeness (QED) is 0.877. The molecule has 0 aliphatic carbocycles. The van der Waals surface area contributed by atoms with E-state index in [0.29, 0.717) is 31.2 Å². The van der Waals surface area contributed by atoms with E-state index in [9.17, 15) is 4.79 Å². The highest BCUT2D eigenvalue weighted by molar-refractivity contribution is 6.30. The average Bonchev–Trinajstić information content (AvgIpc) is 2.47. The maximum absolute atomic E-state index is 12.0. The normalized spacial score (nSPS) is 16.2. The number of carbonyl (C=O) groups excluding carboxylic acids is 1. The number of nitrogens with zero attached hydrogens (tertiary/aromatic N) is 2. The number of β-amino-alcohol motifs (C(OH)–C–C–N with tert-alkyl or cyclic N) is 1. The molecule has 20 heavy (non-hydrogen) atoms. The number of urea groups is 1. The Bertz CT molecular complexity index is 431. The number of benzene rings is 1. The Morgan fingerprint density at radius 2 is 1.85 bits per heavy atom. The molecule has 5 nitrogen and oxygen atoms in total. The Hall–Kier alpha value is -1.30. The predicted molar refractivity (Wildman–Crippen MR) is 78.8 cm³/mol. The van der Waals surface area contributed by atoms with Gasteiger partial charge in [0, 0.05) is 44.3 Å². The molecule has 0 bridgehead atoms. The second-order valence-electron chi connectivity index (χ2n) is 4.84. The molecule has 0 aromatic heterocycles. The number of hydrogen-bond acceptors (Lipinski definition) is 3. The highest BCUT2D eigenvalue weighted by Crippen LogP contribution is 2.09. The van der Waals surface area contributed by atoms with E-state index in [2.05, 4.69) is 10.2 Å². The van der Waals surface area contributed by atoms with Crippen LogP contribution in [0.1, 0.15) is 5.56 Å². The number of aliphatic hydroxyl groups is 1. The van der Waals surface area contributed by atoms with E-state index in [0.717, 1.165) is 18.7 Å². The zero-order chi connectivity index (χ0) is 14.4. The summed E-state index contributed by atoms with van der Waals surface area (Å²) in [6.45, 7) is 4.39. The lowest BCUT2D eigenvalue weighted by Gasteiger charge is -2.34. The molecular formula is C14H20ClN3O2. The van der Waals surface area contributed by atoms with Gasteiger partial charge in [0.25, 0.3) is 0 Å². The second kappa shape index (κ2) is 7.47. The molecular weight excluding hydrogens is 278 g/mol. The lowest BCUT2D eigenvalue weighted by molar-refractivity contribution is 0.122. The van der Waals surface area contributed by atoms with E-state index >= 15 is 0 Å². The van der Waals surface area contributed by atoms with Crippen LogP contribution in [0, 0.1) is 0 Å². The molecule has 2 N–H and O–H groups in total. The Labute approximate surface area is 124 Å². The van der Waals surface area contributed by atoms with Gasteiger partial charge in [-0.2, -0.15) is 0 Å². The van der Waals surface area contributed by atoms with Crippen LogP contribution < -0.4 is 5.32 Å². The van der Waals surface area contributed by atoms with Crippen LogP contribution in [0.5, 0.6) is 0 Å². The SMILES string of the molecule is O=C(NCc1ccc(Cl)cc1)N1CCN(CCO)CC1. The summed E-state index contributed by atoms with van der Waals surface area (Å²) >= 11 is 5.82. The van der Waals surface area contributed by atoms with Gasteiger partial charge in [-0.05, 0) is 17.7 Å². The van der Waals surface area contributed by atoms with Crippen molar-refractivity contribution in [1.82, 2.24) is 15.1 Å². The first-order valence-electron chi connectivity index (χ1n) is 6.79. The van der Waals surface area contributed by atoms with Crippen LogP contribution in [0.15, 0.2) is 24.3 Å². The highest BCUT2D eigenvalue weighted by Gasteiger charge is 2.20. The number of rotatable bonds is 4. The first-order chi connectivity index (χ1) is 9.69. The lowest BCUT2D eigenvalue weighted by Crippen LogP contribution is -2.52. The molecule has 2 amide bonds. The van der Waals surface area contributed by atoms with Crippen molar-refractivity contribution in [3.63, 3.8) is 0 Å². The van der Waals surface area contributed by atoms with Crippen LogP contribution >= 0.6 is 11.6 Å². The van der Waals surface area contributed by atoms with Gasteiger partial charge in [-0.25, -0.2) is 4.79 Å². The van der Waals surface area contributed by atoms with Gasteiger partial charge in [-0.1, -0.05) is 23.7 Å². The van der Waals surface area contributed by atoms with Gasteiger partial charge >= 0.3 is 6.03 Å². The van der Waals surface area contributed by atoms with Gasteiger partial charge in [-0.15, -0.1) is 0 Å². The van der Waals surface area contributed by atoms with E-state index in [4.69, 9.17) is 16.7 Å². The van der Waals surface area contributed by atoms with Gasteiger partial charge in [0.15, 0.2) is 0 Å². The Morgan fingerprint density at radius 1 is 1.20 bits per heavy atom. The van der Waals surface area contributed by atoms with E-state index in [1.165, 1.54) is 0 Å². The molecule has 6 heteroatoms. The number of halogens is 1. The zero-order valence-corrected chi connectivity index (χ0v) is 12.1. The van der Waals surface area contributed by atoms with Crippen LogP contribution in [-0.4, -0.2) is 60.3 Å². The summed E-state index contributed by atoms with van der Waals surface area (Å²) in [6.07, 6.45) is 0. The fourth-order valence-electron chi connectivity index (χ4n) is 2.21. The minimum Gasteiger partial charge on any atom is -0.395 e. The summed E-state index contributed by atoms with van der Waals surface area (Å²) in [6, 6.07) is 7.40. The summed E-state index contributed by atoms with van der Waals surface area (Å²) < 4.78 is 0. The van der Waals surface area contributed by atoms with Crippen molar-refractivity contribution >= 4 is 17.6 Å². The predicted octanol–water partition coefficient (Wildman–Crippen LogP) is 1.16. The van der Waals surface area contributed by atoms with Crippen molar-refractivity contribution in [3.05, 3.63) is 34.9 Å². The first kappa shape index (κ1) is 15.1. The van der Waals surface area contributed by atoms with Crippen molar-refractivity contribution < 1.29 is 9.90 Å². The minimum atomic E-state index is -0.0383. The van der Waals surface area contributed by atoms with Crippen molar-refractivity contribution in [2.24, 2.45) is 0 Å². The number of aliphatic hydroxyl groups excluding tert-OH is 1. The van der Waals surface area contributed by atoms with E-state index in [1.54, 1.807) is 0 Å². The van der Waals surface area contributed by atoms with Gasteiger partial charge in [0.05, 0.1) is 6.61 Å². The molecule has 1 saturated heterocycles. The Kier molecular flexibility index (Phi) is 5.64. The first-order valence-corrected chi connectivity index (χ1v) is 7.17. The standard InChI is InChI=1S/C14H20ClN3O2/c15-13-3-1-12(2-4-13)11-16-14(20)18-7-5-17(6-8-18)9-10-19/h1-4,19H,5-11H2,(H,16,20). The van der Waals surface area contributed by atoms with E-state index < -0.39 is 0 Å². The van der Waals surface area contributed by atoms with Gasteiger partial charge < -0.3 is 15.3 Å². The van der Waals surface area contributed by atoms with Gasteiger partial charge in [0.1, 0.15) is 0 Å². The molecule has 0 radical (unpaired) electrons. The fraction of sp³-hybridized carbons (Fsp3) is 0.500. The molecule has 1 fully saturated rings. The molecule has 0 atom stereocenters. The zero-order valence-electron chi connectivity index (χ0n) is 11.4. The van der Waals surface area contributed by atoms with Crippen LogP contribution in [-0.2, 0) is 6.54 Å². The van der Waals surface area contributed by atoms with Crippen molar-refractivity contribution in [1.29, 1.82) is 0 Å². The molecule has 1 aromatic rings. The van der Waals surface area contributed by atoms with Crippen LogP contribution in [0.3, 0.4) is 0 Å². The molecule has 1 aromatic carbocycles. The average molecular weight is 298 g/mol. The molecule has 0 unspecified atom stereocenters. The number of carbonyl (C=O) groups is 1. The largest absolute Gasteiger partial charge is 0.395 e. The topological polar surface area (TPSA) is 55.8 Å². The third-order valence-corrected chi connectivity index (χ3v) is 3.68. The maximum atomic E-state index is 12.0. The molecule has 0 saturated carbocycles. The molecule has 1 aliphatic heterocycles. The second-order valence-corrected chi connectivity index (χ2v) is 5.27. The van der Waals surface area contributed by atoms with Crippen LogP contribution in [0.4, 0.5) is 4.79 Å². The monoisotopic (exact) mass is 297 g/mol. The number of hydrogen-bond donors (Lipinski definition) is 2. The number of piperazine rings is 1. The smallest absolute Gasteiger partial charge is 0.317 e. The van der Waals surface area contributed by atoms with E-state index in [-0.39, 0.29) is 12.6 Å². The minimum absolute atomic E-state index is 0.0383. The summed E-state index contributed by atoms with van der Waals surface area (Å²) in [7, 11) is 0. The van der Waals surface area contributed by atoms with Gasteiger partial charge in [0.2, 0.25) is 0 Å². The molecule has 2 rings (SSSR count). The van der Waals surface area contributed by atoms with E-state index in [1.807, 2.05) is 29.2 Å². The molecule has 0 spiro atoms. The molecule has 1 heterocycles. The maximum Gasteiger partial charge on any atom is 0.317 e. The van der Waals surface area contributed by atoms with Crippen LogP contribution in [0.25, 0.3) is 0 Å². The summed E-state index contributed by atoms with van der Waals surface area (Å²) in [5.74, 6) is 0. The molecule has 1 aliphatic rings. The van der Waals surface area contributed by atoms with Crippen molar-refractivity contribution in [3.8, 4) is 0 Å². The Balaban J connectivity index is 1.74. The summed E-state index contributed by atoms with van der Waals surface area (Å²) in [5, 5.41) is 12.5. The number of amides is 2. The Morgan fingerprint density at radius 3 is 2.45 bits per heavy atom. The number of nitrogens with one attached hydrogen (secondary N) is 1. The van der Waals surface area contributed by atoms with Crippen LogP contribution in [0.2, 0.25) is 5.02 Å². The highest BCUT2D eigenvalue weighted by atomic mass is 35.5. The lowest BCUT2D eigenvalue weighted by atomic mass is 10.2. The molecule has 110 valence electrons. The van der Waals surface area contributed by atoms with Gasteiger partial charge in [-0.3, -0.25) is 4.90 Å². The van der Waals surface area contributed by atoms with Crippen molar-refractivity contribution in [2.75, 3.05) is 39.3 Å².